The molecule has 1 amide bonds. The van der Waals surface area contributed by atoms with Crippen LogP contribution in [0.3, 0.4) is 0 Å². The fourth-order valence-electron chi connectivity index (χ4n) is 2.82. The van der Waals surface area contributed by atoms with Gasteiger partial charge in [-0.05, 0) is 43.2 Å². The molecule has 0 aromatic carbocycles. The highest BCUT2D eigenvalue weighted by Gasteiger charge is 2.34. The number of allylic oxidation sites excluding steroid dienone is 2. The van der Waals surface area contributed by atoms with Crippen LogP contribution in [0.1, 0.15) is 18.4 Å². The Morgan fingerprint density at radius 3 is 2.53 bits per heavy atom. The Morgan fingerprint density at radius 1 is 1.17 bits per heavy atom. The number of hydrogen-bond donors (Lipinski definition) is 3. The van der Waals surface area contributed by atoms with Crippen LogP contribution < -0.4 is 10.6 Å². The van der Waals surface area contributed by atoms with Crippen LogP contribution in [-0.2, 0) is 9.53 Å². The first kappa shape index (κ1) is 21.4. The minimum atomic E-state index is -4.72. The van der Waals surface area contributed by atoms with Crippen molar-refractivity contribution in [1.82, 2.24) is 9.97 Å². The van der Waals surface area contributed by atoms with Crippen LogP contribution in [0.4, 0.5) is 24.7 Å². The van der Waals surface area contributed by atoms with E-state index in [9.17, 15) is 18.0 Å². The second kappa shape index (κ2) is 9.49. The Balaban J connectivity index is 1.68. The molecular formula is C20H20F3N5O2. The summed E-state index contributed by atoms with van der Waals surface area (Å²) >= 11 is 0. The van der Waals surface area contributed by atoms with E-state index in [4.69, 9.17) is 10.1 Å². The molecular weight excluding hydrogens is 399 g/mol. The summed E-state index contributed by atoms with van der Waals surface area (Å²) in [4.78, 5) is 20.0. The summed E-state index contributed by atoms with van der Waals surface area (Å²) in [6, 6.07) is 5.82. The van der Waals surface area contributed by atoms with Crippen LogP contribution in [0.2, 0.25) is 0 Å². The second-order valence-corrected chi connectivity index (χ2v) is 6.64. The van der Waals surface area contributed by atoms with Crippen LogP contribution in [0.5, 0.6) is 0 Å². The van der Waals surface area contributed by atoms with Crippen LogP contribution >= 0.6 is 0 Å². The first-order chi connectivity index (χ1) is 14.3. The largest absolute Gasteiger partial charge is 0.431 e. The van der Waals surface area contributed by atoms with Crippen LogP contribution in [0, 0.1) is 11.3 Å². The summed E-state index contributed by atoms with van der Waals surface area (Å²) in [5, 5.41) is 12.8. The summed E-state index contributed by atoms with van der Waals surface area (Å²) in [6.07, 6.45) is 1.27. The van der Waals surface area contributed by atoms with Crippen molar-refractivity contribution in [3.05, 3.63) is 60.2 Å². The summed E-state index contributed by atoms with van der Waals surface area (Å²) in [6.45, 7) is 1.06. The molecule has 0 atom stereocenters. The molecule has 30 heavy (non-hydrogen) atoms. The molecule has 1 fully saturated rings. The van der Waals surface area contributed by atoms with Crippen LogP contribution in [-0.4, -0.2) is 41.0 Å². The maximum Gasteiger partial charge on any atom is 0.431 e. The molecule has 0 radical (unpaired) electrons. The van der Waals surface area contributed by atoms with Crippen molar-refractivity contribution < 1.29 is 22.7 Å². The minimum Gasteiger partial charge on any atom is -0.381 e. The number of rotatable bonds is 6. The molecule has 2 aromatic rings. The van der Waals surface area contributed by atoms with Gasteiger partial charge in [-0.1, -0.05) is 0 Å². The number of pyridine rings is 2. The molecule has 0 saturated carbocycles. The molecule has 0 bridgehead atoms. The number of carbonyl (C=O) groups excluding carboxylic acids is 1. The van der Waals surface area contributed by atoms with Gasteiger partial charge >= 0.3 is 6.18 Å². The maximum absolute atomic E-state index is 13.4. The Morgan fingerprint density at radius 2 is 1.93 bits per heavy atom. The molecule has 10 heteroatoms. The SMILES string of the molecule is N=C(/C=C(\Nc1ccc(NC(=O)C2CCOCC2)cn1)C(F)(F)F)c1cccnc1. The van der Waals surface area contributed by atoms with Gasteiger partial charge < -0.3 is 20.8 Å². The normalized spacial score (nSPS) is 15.5. The number of aromatic nitrogens is 2. The lowest BCUT2D eigenvalue weighted by atomic mass is 9.99. The van der Waals surface area contributed by atoms with Crippen molar-refractivity contribution in [3.8, 4) is 0 Å². The third kappa shape index (κ3) is 5.86. The van der Waals surface area contributed by atoms with Crippen molar-refractivity contribution in [3.63, 3.8) is 0 Å². The number of hydrogen-bond acceptors (Lipinski definition) is 6. The van der Waals surface area contributed by atoms with Crippen molar-refractivity contribution in [2.75, 3.05) is 23.8 Å². The fraction of sp³-hybridized carbons (Fsp3) is 0.300. The van der Waals surface area contributed by atoms with Crippen molar-refractivity contribution in [2.24, 2.45) is 5.92 Å². The molecule has 2 aromatic heterocycles. The molecule has 0 unspecified atom stereocenters. The van der Waals surface area contributed by atoms with E-state index in [-0.39, 0.29) is 28.9 Å². The van der Waals surface area contributed by atoms with E-state index >= 15 is 0 Å². The zero-order valence-electron chi connectivity index (χ0n) is 15.9. The van der Waals surface area contributed by atoms with Crippen molar-refractivity contribution >= 4 is 23.1 Å². The van der Waals surface area contributed by atoms with Crippen LogP contribution in [0.15, 0.2) is 54.6 Å². The Labute approximate surface area is 170 Å². The lowest BCUT2D eigenvalue weighted by Crippen LogP contribution is -2.28. The number of nitrogens with one attached hydrogen (secondary N) is 3. The quantitative estimate of drug-likeness (QED) is 0.619. The van der Waals surface area contributed by atoms with E-state index in [0.29, 0.717) is 37.8 Å². The fourth-order valence-corrected chi connectivity index (χ4v) is 2.82. The maximum atomic E-state index is 13.4. The van der Waals surface area contributed by atoms with E-state index in [2.05, 4.69) is 20.6 Å². The standard InChI is InChI=1S/C20H20F3N5O2/c21-20(22,23)17(10-16(24)14-2-1-7-25-11-14)28-18-4-3-15(12-26-18)27-19(29)13-5-8-30-9-6-13/h1-4,7,10-13,24H,5-6,8-9H2,(H,26,28)(H,27,29)/b17-10-,24-16?. The van der Waals surface area contributed by atoms with Crippen LogP contribution in [0.25, 0.3) is 0 Å². The van der Waals surface area contributed by atoms with Gasteiger partial charge in [0.1, 0.15) is 11.5 Å². The predicted octanol–water partition coefficient (Wildman–Crippen LogP) is 3.77. The molecule has 3 rings (SSSR count). The number of halogens is 3. The number of ether oxygens (including phenoxy) is 1. The third-order valence-electron chi connectivity index (χ3n) is 4.45. The van der Waals surface area contributed by atoms with Gasteiger partial charge in [-0.2, -0.15) is 13.2 Å². The summed E-state index contributed by atoms with van der Waals surface area (Å²) < 4.78 is 45.4. The molecule has 1 aliphatic rings. The Bertz CT molecular complexity index is 908. The molecule has 0 spiro atoms. The minimum absolute atomic E-state index is 0.0679. The number of alkyl halides is 3. The van der Waals surface area contributed by atoms with E-state index < -0.39 is 11.9 Å². The number of carbonyl (C=O) groups is 1. The summed E-state index contributed by atoms with van der Waals surface area (Å²) in [5.74, 6) is -0.391. The topological polar surface area (TPSA) is 100.0 Å². The highest BCUT2D eigenvalue weighted by molar-refractivity contribution is 6.07. The number of amides is 1. The van der Waals surface area contributed by atoms with E-state index in [1.807, 2.05) is 0 Å². The molecule has 158 valence electrons. The first-order valence-electron chi connectivity index (χ1n) is 9.22. The zero-order chi connectivity index (χ0) is 21.6. The predicted molar refractivity (Wildman–Crippen MR) is 105 cm³/mol. The lowest BCUT2D eigenvalue weighted by Gasteiger charge is -2.21. The zero-order valence-corrected chi connectivity index (χ0v) is 15.9. The molecule has 7 nitrogen and oxygen atoms in total. The third-order valence-corrected chi connectivity index (χ3v) is 4.45. The highest BCUT2D eigenvalue weighted by Crippen LogP contribution is 2.27. The van der Waals surface area contributed by atoms with Crippen molar-refractivity contribution in [1.29, 1.82) is 5.41 Å². The summed E-state index contributed by atoms with van der Waals surface area (Å²) in [5.41, 5.74) is -0.844. The van der Waals surface area contributed by atoms with E-state index in [1.165, 1.54) is 42.9 Å². The van der Waals surface area contributed by atoms with Crippen molar-refractivity contribution in [2.45, 2.75) is 19.0 Å². The first-order valence-corrected chi connectivity index (χ1v) is 9.22. The monoisotopic (exact) mass is 419 g/mol. The van der Waals surface area contributed by atoms with Gasteiger partial charge in [-0.3, -0.25) is 9.78 Å². The average molecular weight is 419 g/mol. The van der Waals surface area contributed by atoms with E-state index in [0.717, 1.165) is 0 Å². The van der Waals surface area contributed by atoms with Gasteiger partial charge in [0.25, 0.3) is 0 Å². The smallest absolute Gasteiger partial charge is 0.381 e. The highest BCUT2D eigenvalue weighted by atomic mass is 19.4. The molecule has 1 saturated heterocycles. The van der Waals surface area contributed by atoms with Gasteiger partial charge in [0.15, 0.2) is 0 Å². The molecule has 3 heterocycles. The molecule has 1 aliphatic heterocycles. The van der Waals surface area contributed by atoms with Gasteiger partial charge in [-0.25, -0.2) is 4.98 Å². The lowest BCUT2D eigenvalue weighted by molar-refractivity contribution is -0.122. The Kier molecular flexibility index (Phi) is 6.78. The Hall–Kier alpha value is -3.27. The average Bonchev–Trinajstić information content (AvgIpc) is 2.75. The van der Waals surface area contributed by atoms with Gasteiger partial charge in [0, 0.05) is 37.1 Å². The second-order valence-electron chi connectivity index (χ2n) is 6.64. The molecule has 0 aliphatic carbocycles. The van der Waals surface area contributed by atoms with E-state index in [1.54, 1.807) is 0 Å². The molecule has 3 N–H and O–H groups in total. The van der Waals surface area contributed by atoms with Gasteiger partial charge in [-0.15, -0.1) is 0 Å². The van der Waals surface area contributed by atoms with Gasteiger partial charge in [0.05, 0.1) is 17.6 Å². The number of nitrogens with zero attached hydrogens (tertiary/aromatic N) is 2. The van der Waals surface area contributed by atoms with Gasteiger partial charge in [0.2, 0.25) is 5.91 Å². The number of anilines is 2. The summed E-state index contributed by atoms with van der Waals surface area (Å²) in [7, 11) is 0.